The average Bonchev–Trinajstić information content (AvgIpc) is 3.32. The van der Waals surface area contributed by atoms with Crippen LogP contribution in [0.1, 0.15) is 44.5 Å². The Morgan fingerprint density at radius 2 is 2.04 bits per heavy atom. The van der Waals surface area contributed by atoms with E-state index in [4.69, 9.17) is 4.74 Å². The lowest BCUT2D eigenvalue weighted by molar-refractivity contribution is -0.113. The first-order valence-corrected chi connectivity index (χ1v) is 9.08. The summed E-state index contributed by atoms with van der Waals surface area (Å²) in [7, 11) is 1.62. The van der Waals surface area contributed by atoms with Gasteiger partial charge in [-0.2, -0.15) is 0 Å². The maximum Gasteiger partial charge on any atom is 0.234 e. The van der Waals surface area contributed by atoms with Crippen LogP contribution in [0.15, 0.2) is 29.4 Å². The van der Waals surface area contributed by atoms with Crippen LogP contribution in [0.5, 0.6) is 5.75 Å². The Morgan fingerprint density at radius 3 is 2.62 bits per heavy atom. The molecule has 1 aliphatic carbocycles. The largest absolute Gasteiger partial charge is 0.497 e. The molecule has 3 rings (SSSR count). The van der Waals surface area contributed by atoms with Crippen LogP contribution in [0.2, 0.25) is 0 Å². The van der Waals surface area contributed by atoms with Crippen molar-refractivity contribution in [3.63, 3.8) is 0 Å². The molecule has 1 aliphatic rings. The predicted octanol–water partition coefficient (Wildman–Crippen LogP) is 3.48. The lowest BCUT2D eigenvalue weighted by Gasteiger charge is -2.10. The van der Waals surface area contributed by atoms with E-state index in [1.54, 1.807) is 7.11 Å². The Hall–Kier alpha value is -2.02. The molecule has 1 aromatic carbocycles. The minimum atomic E-state index is -0.0541. The number of nitrogens with one attached hydrogen (secondary N) is 1. The monoisotopic (exact) mass is 346 g/mol. The van der Waals surface area contributed by atoms with Crippen LogP contribution >= 0.6 is 11.8 Å². The number of methoxy groups -OCH3 is 1. The molecule has 1 N–H and O–H groups in total. The van der Waals surface area contributed by atoms with Gasteiger partial charge in [-0.3, -0.25) is 4.79 Å². The van der Waals surface area contributed by atoms with E-state index in [9.17, 15) is 4.79 Å². The summed E-state index contributed by atoms with van der Waals surface area (Å²) in [6, 6.07) is 7.79. The van der Waals surface area contributed by atoms with Gasteiger partial charge in [0.15, 0.2) is 5.16 Å². The first kappa shape index (κ1) is 16.8. The lowest BCUT2D eigenvalue weighted by atomic mass is 10.2. The first-order valence-electron chi connectivity index (χ1n) is 8.10. The van der Waals surface area contributed by atoms with E-state index in [-0.39, 0.29) is 5.91 Å². The van der Waals surface area contributed by atoms with E-state index in [0.717, 1.165) is 22.4 Å². The Bertz CT molecular complexity index is 708. The highest BCUT2D eigenvalue weighted by atomic mass is 32.2. The molecule has 0 saturated heterocycles. The van der Waals surface area contributed by atoms with Gasteiger partial charge in [0.1, 0.15) is 11.6 Å². The maximum atomic E-state index is 12.2. The van der Waals surface area contributed by atoms with Gasteiger partial charge in [0.2, 0.25) is 5.91 Å². The van der Waals surface area contributed by atoms with Crippen molar-refractivity contribution in [2.24, 2.45) is 0 Å². The maximum absolute atomic E-state index is 12.2. The van der Waals surface area contributed by atoms with Gasteiger partial charge < -0.3 is 14.6 Å². The number of hydrogen-bond acceptors (Lipinski definition) is 5. The molecule has 24 heavy (non-hydrogen) atoms. The number of hydrogen-bond donors (Lipinski definition) is 1. The number of carbonyl (C=O) groups excluding carboxylic acids is 1. The molecule has 0 bridgehead atoms. The van der Waals surface area contributed by atoms with Crippen molar-refractivity contribution >= 4 is 23.4 Å². The number of benzene rings is 1. The molecule has 0 spiro atoms. The number of aromatic nitrogens is 3. The number of thioether (sulfide) groups is 1. The normalized spacial score (nSPS) is 14.0. The summed E-state index contributed by atoms with van der Waals surface area (Å²) >= 11 is 1.44. The Labute approximate surface area is 146 Å². The first-order chi connectivity index (χ1) is 11.6. The van der Waals surface area contributed by atoms with Crippen molar-refractivity contribution in [2.45, 2.75) is 43.8 Å². The predicted molar refractivity (Wildman–Crippen MR) is 94.7 cm³/mol. The standard InChI is InChI=1S/C17H22N4O2S/c1-11(2)16-19-20-17(21(16)13-6-7-13)24-10-15(22)18-12-4-8-14(23-3)9-5-12/h4-5,8-9,11,13H,6-7,10H2,1-3H3,(H,18,22). The van der Waals surface area contributed by atoms with Crippen LogP contribution in [-0.2, 0) is 4.79 Å². The van der Waals surface area contributed by atoms with Gasteiger partial charge in [0.25, 0.3) is 0 Å². The van der Waals surface area contributed by atoms with Crippen LogP contribution in [0.3, 0.4) is 0 Å². The van der Waals surface area contributed by atoms with Crippen LogP contribution in [0.25, 0.3) is 0 Å². The molecular formula is C17H22N4O2S. The van der Waals surface area contributed by atoms with Crippen molar-refractivity contribution in [1.82, 2.24) is 14.8 Å². The number of ether oxygens (including phenoxy) is 1. The Balaban J connectivity index is 1.60. The summed E-state index contributed by atoms with van der Waals surface area (Å²) < 4.78 is 7.31. The molecule has 1 heterocycles. The van der Waals surface area contributed by atoms with E-state index in [1.165, 1.54) is 24.6 Å². The summed E-state index contributed by atoms with van der Waals surface area (Å²) in [5, 5.41) is 12.3. The van der Waals surface area contributed by atoms with Gasteiger partial charge in [0, 0.05) is 17.6 Å². The Morgan fingerprint density at radius 1 is 1.33 bits per heavy atom. The highest BCUT2D eigenvalue weighted by Crippen LogP contribution is 2.40. The summed E-state index contributed by atoms with van der Waals surface area (Å²) in [6.07, 6.45) is 2.34. The molecule has 0 radical (unpaired) electrons. The molecule has 6 nitrogen and oxygen atoms in total. The topological polar surface area (TPSA) is 69.0 Å². The van der Waals surface area contributed by atoms with Gasteiger partial charge in [-0.25, -0.2) is 0 Å². The average molecular weight is 346 g/mol. The van der Waals surface area contributed by atoms with Crippen LogP contribution in [-0.4, -0.2) is 33.5 Å². The van der Waals surface area contributed by atoms with E-state index in [0.29, 0.717) is 17.7 Å². The summed E-state index contributed by atoms with van der Waals surface area (Å²) in [5.41, 5.74) is 0.757. The molecule has 0 atom stereocenters. The molecule has 7 heteroatoms. The smallest absolute Gasteiger partial charge is 0.234 e. The second kappa shape index (κ2) is 7.25. The zero-order chi connectivity index (χ0) is 17.1. The molecule has 2 aromatic rings. The van der Waals surface area contributed by atoms with Crippen molar-refractivity contribution < 1.29 is 9.53 Å². The van der Waals surface area contributed by atoms with Gasteiger partial charge in [-0.15, -0.1) is 10.2 Å². The SMILES string of the molecule is COc1ccc(NC(=O)CSc2nnc(C(C)C)n2C2CC2)cc1. The number of carbonyl (C=O) groups is 1. The third kappa shape index (κ3) is 3.90. The fourth-order valence-corrected chi connectivity index (χ4v) is 3.27. The van der Waals surface area contributed by atoms with Gasteiger partial charge >= 0.3 is 0 Å². The second-order valence-corrected chi connectivity index (χ2v) is 7.10. The van der Waals surface area contributed by atoms with Crippen molar-refractivity contribution in [3.05, 3.63) is 30.1 Å². The molecular weight excluding hydrogens is 324 g/mol. The second-order valence-electron chi connectivity index (χ2n) is 6.16. The van der Waals surface area contributed by atoms with E-state index >= 15 is 0 Å². The van der Waals surface area contributed by atoms with Crippen LogP contribution < -0.4 is 10.1 Å². The van der Waals surface area contributed by atoms with Crippen molar-refractivity contribution in [1.29, 1.82) is 0 Å². The van der Waals surface area contributed by atoms with Gasteiger partial charge in [0.05, 0.1) is 12.9 Å². The molecule has 0 unspecified atom stereocenters. The molecule has 1 aromatic heterocycles. The van der Waals surface area contributed by atoms with Gasteiger partial charge in [-0.1, -0.05) is 25.6 Å². The summed E-state index contributed by atoms with van der Waals surface area (Å²) in [6.45, 7) is 4.24. The molecule has 1 saturated carbocycles. The van der Waals surface area contributed by atoms with E-state index < -0.39 is 0 Å². The number of anilines is 1. The lowest BCUT2D eigenvalue weighted by Crippen LogP contribution is -2.14. The minimum Gasteiger partial charge on any atom is -0.497 e. The summed E-state index contributed by atoms with van der Waals surface area (Å²) in [4.78, 5) is 12.2. The van der Waals surface area contributed by atoms with Crippen molar-refractivity contribution in [3.8, 4) is 5.75 Å². The summed E-state index contributed by atoms with van der Waals surface area (Å²) in [5.74, 6) is 2.37. The Kier molecular flexibility index (Phi) is 5.08. The number of nitrogens with zero attached hydrogens (tertiary/aromatic N) is 3. The zero-order valence-electron chi connectivity index (χ0n) is 14.2. The minimum absolute atomic E-state index is 0.0541. The third-order valence-electron chi connectivity index (χ3n) is 3.83. The molecule has 1 fully saturated rings. The number of rotatable bonds is 7. The fourth-order valence-electron chi connectivity index (χ4n) is 2.46. The zero-order valence-corrected chi connectivity index (χ0v) is 15.0. The molecule has 0 aliphatic heterocycles. The molecule has 1 amide bonds. The fraction of sp³-hybridized carbons (Fsp3) is 0.471. The van der Waals surface area contributed by atoms with Crippen LogP contribution in [0.4, 0.5) is 5.69 Å². The highest BCUT2D eigenvalue weighted by Gasteiger charge is 2.30. The third-order valence-corrected chi connectivity index (χ3v) is 4.77. The van der Waals surface area contributed by atoms with E-state index in [2.05, 4.69) is 33.9 Å². The number of amides is 1. The van der Waals surface area contributed by atoms with Crippen LogP contribution in [0, 0.1) is 0 Å². The van der Waals surface area contributed by atoms with Gasteiger partial charge in [-0.05, 0) is 37.1 Å². The van der Waals surface area contributed by atoms with E-state index in [1.807, 2.05) is 24.3 Å². The van der Waals surface area contributed by atoms with Crippen molar-refractivity contribution in [2.75, 3.05) is 18.2 Å². The molecule has 128 valence electrons. The highest BCUT2D eigenvalue weighted by molar-refractivity contribution is 7.99. The quantitative estimate of drug-likeness (QED) is 0.777.